The van der Waals surface area contributed by atoms with E-state index >= 15 is 0 Å². The number of amides is 1. The zero-order valence-corrected chi connectivity index (χ0v) is 8.09. The van der Waals surface area contributed by atoms with Gasteiger partial charge in [-0.2, -0.15) is 0 Å². The van der Waals surface area contributed by atoms with E-state index in [9.17, 15) is 4.79 Å². The van der Waals surface area contributed by atoms with Crippen LogP contribution in [0.3, 0.4) is 0 Å². The molecule has 0 aliphatic carbocycles. The fourth-order valence-electron chi connectivity index (χ4n) is 2.24. The van der Waals surface area contributed by atoms with Crippen LogP contribution in [0, 0.1) is 5.92 Å². The van der Waals surface area contributed by atoms with Gasteiger partial charge in [-0.3, -0.25) is 4.79 Å². The Labute approximate surface area is 79.5 Å². The highest BCUT2D eigenvalue weighted by Crippen LogP contribution is 2.15. The van der Waals surface area contributed by atoms with Crippen LogP contribution in [0.1, 0.15) is 25.7 Å². The van der Waals surface area contributed by atoms with Crippen LogP contribution in [0.25, 0.3) is 0 Å². The molecular weight excluding hydrogens is 164 g/mol. The van der Waals surface area contributed by atoms with Crippen molar-refractivity contribution in [1.82, 2.24) is 10.2 Å². The molecule has 1 N–H and O–H groups in total. The maximum atomic E-state index is 11.5. The Bertz CT molecular complexity index is 187. The molecule has 74 valence electrons. The van der Waals surface area contributed by atoms with Gasteiger partial charge < -0.3 is 10.2 Å². The third kappa shape index (κ3) is 2.21. The van der Waals surface area contributed by atoms with Crippen molar-refractivity contribution in [3.63, 3.8) is 0 Å². The second kappa shape index (κ2) is 4.09. The quantitative estimate of drug-likeness (QED) is 0.678. The Hall–Kier alpha value is -0.570. The molecule has 2 aliphatic heterocycles. The van der Waals surface area contributed by atoms with Crippen molar-refractivity contribution in [2.75, 3.05) is 26.2 Å². The Balaban J connectivity index is 1.81. The predicted octanol–water partition coefficient (Wildman–Crippen LogP) is 0.608. The summed E-state index contributed by atoms with van der Waals surface area (Å²) in [5.41, 5.74) is 0. The van der Waals surface area contributed by atoms with Crippen molar-refractivity contribution in [3.05, 3.63) is 0 Å². The average Bonchev–Trinajstić information content (AvgIpc) is 2.61. The first-order valence-corrected chi connectivity index (χ1v) is 5.35. The van der Waals surface area contributed by atoms with Crippen molar-refractivity contribution in [2.45, 2.75) is 25.7 Å². The van der Waals surface area contributed by atoms with Gasteiger partial charge in [-0.25, -0.2) is 0 Å². The minimum absolute atomic E-state index is 0.373. The van der Waals surface area contributed by atoms with Gasteiger partial charge in [0.2, 0.25) is 5.91 Å². The molecule has 1 amide bonds. The number of piperidine rings is 1. The molecule has 2 saturated heterocycles. The van der Waals surface area contributed by atoms with Gasteiger partial charge in [-0.15, -0.1) is 0 Å². The summed E-state index contributed by atoms with van der Waals surface area (Å²) in [6.45, 7) is 4.22. The van der Waals surface area contributed by atoms with E-state index in [-0.39, 0.29) is 0 Å². The van der Waals surface area contributed by atoms with Gasteiger partial charge in [0.1, 0.15) is 0 Å². The number of carbonyl (C=O) groups is 1. The van der Waals surface area contributed by atoms with Crippen LogP contribution < -0.4 is 5.32 Å². The third-order valence-electron chi connectivity index (χ3n) is 3.06. The van der Waals surface area contributed by atoms with Crippen molar-refractivity contribution in [1.29, 1.82) is 0 Å². The van der Waals surface area contributed by atoms with E-state index in [1.807, 2.05) is 0 Å². The molecular formula is C10H18N2O. The second-order valence-electron chi connectivity index (χ2n) is 4.16. The van der Waals surface area contributed by atoms with Crippen LogP contribution >= 0.6 is 0 Å². The van der Waals surface area contributed by atoms with E-state index in [0.717, 1.165) is 39.0 Å². The minimum Gasteiger partial charge on any atom is -0.342 e. The lowest BCUT2D eigenvalue weighted by Gasteiger charge is -2.28. The highest BCUT2D eigenvalue weighted by atomic mass is 16.2. The second-order valence-corrected chi connectivity index (χ2v) is 4.16. The third-order valence-corrected chi connectivity index (χ3v) is 3.06. The summed E-state index contributed by atoms with van der Waals surface area (Å²) >= 11 is 0. The highest BCUT2D eigenvalue weighted by molar-refractivity contribution is 5.76. The van der Waals surface area contributed by atoms with Crippen LogP contribution in [0.4, 0.5) is 0 Å². The molecule has 0 radical (unpaired) electrons. The van der Waals surface area contributed by atoms with Crippen LogP contribution in [-0.2, 0) is 4.79 Å². The van der Waals surface area contributed by atoms with E-state index < -0.39 is 0 Å². The first-order valence-electron chi connectivity index (χ1n) is 5.35. The standard InChI is InChI=1S/C10H18N2O/c13-10-3-1-2-6-12(10)8-9-4-5-11-7-9/h9,11H,1-8H2. The van der Waals surface area contributed by atoms with Gasteiger partial charge in [0.25, 0.3) is 0 Å². The molecule has 2 aliphatic rings. The van der Waals surface area contributed by atoms with Gasteiger partial charge in [-0.1, -0.05) is 0 Å². The summed E-state index contributed by atoms with van der Waals surface area (Å²) in [5, 5.41) is 3.34. The number of nitrogens with zero attached hydrogens (tertiary/aromatic N) is 1. The molecule has 13 heavy (non-hydrogen) atoms. The Morgan fingerprint density at radius 1 is 1.46 bits per heavy atom. The summed E-state index contributed by atoms with van der Waals surface area (Å²) in [5.74, 6) is 1.08. The molecule has 3 nitrogen and oxygen atoms in total. The highest BCUT2D eigenvalue weighted by Gasteiger charge is 2.23. The van der Waals surface area contributed by atoms with Gasteiger partial charge >= 0.3 is 0 Å². The fraction of sp³-hybridized carbons (Fsp3) is 0.900. The Kier molecular flexibility index (Phi) is 2.83. The molecule has 3 heteroatoms. The number of hydrogen-bond donors (Lipinski definition) is 1. The van der Waals surface area contributed by atoms with Crippen molar-refractivity contribution in [3.8, 4) is 0 Å². The maximum absolute atomic E-state index is 11.5. The smallest absolute Gasteiger partial charge is 0.222 e. The van der Waals surface area contributed by atoms with Crippen molar-refractivity contribution >= 4 is 5.91 Å². The van der Waals surface area contributed by atoms with E-state index in [4.69, 9.17) is 0 Å². The zero-order chi connectivity index (χ0) is 9.10. The number of hydrogen-bond acceptors (Lipinski definition) is 2. The Morgan fingerprint density at radius 2 is 2.38 bits per heavy atom. The lowest BCUT2D eigenvalue weighted by atomic mass is 10.1. The summed E-state index contributed by atoms with van der Waals surface area (Å²) < 4.78 is 0. The van der Waals surface area contributed by atoms with Crippen molar-refractivity contribution < 1.29 is 4.79 Å². The maximum Gasteiger partial charge on any atom is 0.222 e. The molecule has 0 bridgehead atoms. The van der Waals surface area contributed by atoms with Gasteiger partial charge in [0.05, 0.1) is 0 Å². The van der Waals surface area contributed by atoms with Crippen molar-refractivity contribution in [2.24, 2.45) is 5.92 Å². The van der Waals surface area contributed by atoms with Crippen LogP contribution in [0.2, 0.25) is 0 Å². The first kappa shape index (κ1) is 9.00. The molecule has 0 spiro atoms. The van der Waals surface area contributed by atoms with Crippen LogP contribution in [-0.4, -0.2) is 37.0 Å². The average molecular weight is 182 g/mol. The number of nitrogens with one attached hydrogen (secondary N) is 1. The lowest BCUT2D eigenvalue weighted by molar-refractivity contribution is -0.133. The van der Waals surface area contributed by atoms with E-state index in [1.54, 1.807) is 0 Å². The largest absolute Gasteiger partial charge is 0.342 e. The predicted molar refractivity (Wildman–Crippen MR) is 51.4 cm³/mol. The molecule has 1 unspecified atom stereocenters. The monoisotopic (exact) mass is 182 g/mol. The van der Waals surface area contributed by atoms with Crippen LogP contribution in [0.15, 0.2) is 0 Å². The summed E-state index contributed by atoms with van der Waals surface area (Å²) in [6.07, 6.45) is 4.31. The number of rotatable bonds is 2. The molecule has 2 rings (SSSR count). The van der Waals surface area contributed by atoms with Gasteiger partial charge in [0.15, 0.2) is 0 Å². The topological polar surface area (TPSA) is 32.3 Å². The summed E-state index contributed by atoms with van der Waals surface area (Å²) in [7, 11) is 0. The molecule has 1 atom stereocenters. The van der Waals surface area contributed by atoms with E-state index in [2.05, 4.69) is 10.2 Å². The summed E-state index contributed by atoms with van der Waals surface area (Å²) in [6, 6.07) is 0. The molecule has 0 saturated carbocycles. The molecule has 0 aromatic rings. The normalized spacial score (nSPS) is 29.7. The molecule has 2 fully saturated rings. The van der Waals surface area contributed by atoms with E-state index in [0.29, 0.717) is 11.8 Å². The minimum atomic E-state index is 0.373. The van der Waals surface area contributed by atoms with Gasteiger partial charge in [-0.05, 0) is 38.3 Å². The fourth-order valence-corrected chi connectivity index (χ4v) is 2.24. The number of carbonyl (C=O) groups excluding carboxylic acids is 1. The Morgan fingerprint density at radius 3 is 3.08 bits per heavy atom. The van der Waals surface area contributed by atoms with Gasteiger partial charge in [0, 0.05) is 19.5 Å². The zero-order valence-electron chi connectivity index (χ0n) is 8.09. The lowest BCUT2D eigenvalue weighted by Crippen LogP contribution is -2.39. The summed E-state index contributed by atoms with van der Waals surface area (Å²) in [4.78, 5) is 13.5. The molecule has 0 aromatic heterocycles. The first-order chi connectivity index (χ1) is 6.36. The van der Waals surface area contributed by atoms with E-state index in [1.165, 1.54) is 12.8 Å². The molecule has 0 aromatic carbocycles. The SMILES string of the molecule is O=C1CCCCN1CC1CCNC1. The van der Waals surface area contributed by atoms with Crippen LogP contribution in [0.5, 0.6) is 0 Å². The molecule has 2 heterocycles. The number of likely N-dealkylation sites (tertiary alicyclic amines) is 1.